The Morgan fingerprint density at radius 1 is 1.41 bits per heavy atom. The zero-order chi connectivity index (χ0) is 13.5. The summed E-state index contributed by atoms with van der Waals surface area (Å²) in [5.41, 5.74) is -0.724. The number of hydrogen-bond donors (Lipinski definition) is 2. The van der Waals surface area contributed by atoms with E-state index in [1.807, 2.05) is 14.1 Å². The highest BCUT2D eigenvalue weighted by Gasteiger charge is 2.23. The van der Waals surface area contributed by atoms with Crippen LogP contribution in [-0.2, 0) is 10.1 Å². The highest BCUT2D eigenvalue weighted by atomic mass is 32.2. The Morgan fingerprint density at radius 2 is 2.00 bits per heavy atom. The van der Waals surface area contributed by atoms with Gasteiger partial charge < -0.3 is 10.2 Å². The molecule has 0 saturated carbocycles. The van der Waals surface area contributed by atoms with Gasteiger partial charge in [-0.05, 0) is 40.9 Å². The van der Waals surface area contributed by atoms with Crippen molar-refractivity contribution in [3.05, 3.63) is 0 Å². The lowest BCUT2D eigenvalue weighted by atomic mass is 10.1. The molecule has 0 unspecified atom stereocenters. The third-order valence-corrected chi connectivity index (χ3v) is 3.07. The molecule has 0 aromatic heterocycles. The second-order valence-corrected chi connectivity index (χ2v) is 6.40. The fourth-order valence-electron chi connectivity index (χ4n) is 1.26. The van der Waals surface area contributed by atoms with Gasteiger partial charge in [0.15, 0.2) is 0 Å². The maximum absolute atomic E-state index is 10.7. The number of nitrogens with one attached hydrogen (secondary N) is 1. The molecule has 102 valence electrons. The summed E-state index contributed by atoms with van der Waals surface area (Å²) in [5.74, 6) is -0.344. The Bertz CT molecular complexity index is 337. The number of aliphatic imine (C=N–C) groups is 1. The maximum atomic E-state index is 10.7. The summed E-state index contributed by atoms with van der Waals surface area (Å²) < 4.78 is 30.2. The van der Waals surface area contributed by atoms with E-state index in [0.717, 1.165) is 13.0 Å². The highest BCUT2D eigenvalue weighted by Crippen LogP contribution is 2.04. The van der Waals surface area contributed by atoms with Crippen LogP contribution in [0, 0.1) is 0 Å². The molecule has 6 nitrogen and oxygen atoms in total. The van der Waals surface area contributed by atoms with E-state index in [1.54, 1.807) is 13.8 Å². The van der Waals surface area contributed by atoms with Gasteiger partial charge in [-0.2, -0.15) is 8.42 Å². The van der Waals surface area contributed by atoms with Crippen molar-refractivity contribution in [2.75, 3.05) is 32.9 Å². The summed E-state index contributed by atoms with van der Waals surface area (Å²) in [6, 6.07) is 0. The molecular weight excluding hydrogens is 242 g/mol. The summed E-state index contributed by atoms with van der Waals surface area (Å²) in [6.07, 6.45) is 2.45. The molecule has 0 rings (SSSR count). The Labute approximate surface area is 104 Å². The van der Waals surface area contributed by atoms with Crippen LogP contribution >= 0.6 is 0 Å². The van der Waals surface area contributed by atoms with E-state index in [2.05, 4.69) is 15.2 Å². The molecule has 0 aliphatic heterocycles. The standard InChI is InChI=1S/C10H23N3O3S/c1-10(2,8-17(14,15)16)12-9-11-6-5-7-13(3)4/h9H,5-8H2,1-4H3,(H,11,12)(H,14,15,16). The fraction of sp³-hybridized carbons (Fsp3) is 0.900. The van der Waals surface area contributed by atoms with Crippen molar-refractivity contribution in [3.63, 3.8) is 0 Å². The smallest absolute Gasteiger partial charge is 0.267 e. The second-order valence-electron chi connectivity index (χ2n) is 4.95. The quantitative estimate of drug-likeness (QED) is 0.284. The first kappa shape index (κ1) is 16.3. The van der Waals surface area contributed by atoms with Crippen molar-refractivity contribution in [3.8, 4) is 0 Å². The van der Waals surface area contributed by atoms with Gasteiger partial charge in [-0.15, -0.1) is 0 Å². The first-order valence-corrected chi connectivity index (χ1v) is 7.09. The van der Waals surface area contributed by atoms with Crippen LogP contribution in [0.1, 0.15) is 20.3 Å². The van der Waals surface area contributed by atoms with Gasteiger partial charge in [-0.25, -0.2) is 0 Å². The van der Waals surface area contributed by atoms with Crippen LogP contribution in [0.3, 0.4) is 0 Å². The zero-order valence-electron chi connectivity index (χ0n) is 11.0. The Balaban J connectivity index is 3.89. The van der Waals surface area contributed by atoms with Crippen molar-refractivity contribution < 1.29 is 13.0 Å². The molecule has 0 radical (unpaired) electrons. The van der Waals surface area contributed by atoms with Gasteiger partial charge in [-0.3, -0.25) is 9.55 Å². The largest absolute Gasteiger partial charge is 0.370 e. The van der Waals surface area contributed by atoms with E-state index < -0.39 is 15.7 Å². The fourth-order valence-corrected chi connectivity index (χ4v) is 2.26. The van der Waals surface area contributed by atoms with E-state index in [4.69, 9.17) is 4.55 Å². The molecule has 0 heterocycles. The maximum Gasteiger partial charge on any atom is 0.267 e. The summed E-state index contributed by atoms with van der Waals surface area (Å²) in [6.45, 7) is 5.03. The van der Waals surface area contributed by atoms with Crippen LogP contribution in [-0.4, -0.2) is 62.7 Å². The first-order valence-electron chi connectivity index (χ1n) is 5.48. The van der Waals surface area contributed by atoms with E-state index in [-0.39, 0.29) is 5.75 Å². The Kier molecular flexibility index (Phi) is 6.66. The molecule has 2 N–H and O–H groups in total. The molecule has 0 aliphatic carbocycles. The van der Waals surface area contributed by atoms with Crippen LogP contribution < -0.4 is 5.32 Å². The van der Waals surface area contributed by atoms with Crippen LogP contribution in [0.4, 0.5) is 0 Å². The van der Waals surface area contributed by atoms with E-state index in [1.165, 1.54) is 6.34 Å². The van der Waals surface area contributed by atoms with Gasteiger partial charge in [0.05, 0.1) is 12.1 Å². The van der Waals surface area contributed by atoms with Gasteiger partial charge in [-0.1, -0.05) is 0 Å². The normalized spacial score (nSPS) is 13.5. The zero-order valence-corrected chi connectivity index (χ0v) is 11.8. The lowest BCUT2D eigenvalue weighted by Gasteiger charge is -2.22. The molecule has 0 bridgehead atoms. The Hall–Kier alpha value is -0.660. The molecule has 0 aliphatic rings. The van der Waals surface area contributed by atoms with Gasteiger partial charge in [0, 0.05) is 12.1 Å². The second kappa shape index (κ2) is 6.93. The molecule has 0 fully saturated rings. The van der Waals surface area contributed by atoms with Gasteiger partial charge in [0.25, 0.3) is 10.1 Å². The summed E-state index contributed by atoms with van der Waals surface area (Å²) in [5, 5.41) is 2.86. The summed E-state index contributed by atoms with van der Waals surface area (Å²) in [7, 11) is 0.0232. The lowest BCUT2D eigenvalue weighted by Crippen LogP contribution is -2.44. The minimum absolute atomic E-state index is 0.344. The van der Waals surface area contributed by atoms with E-state index in [9.17, 15) is 8.42 Å². The number of hydrogen-bond acceptors (Lipinski definition) is 4. The van der Waals surface area contributed by atoms with Gasteiger partial charge in [0.2, 0.25) is 0 Å². The minimum atomic E-state index is -3.97. The van der Waals surface area contributed by atoms with E-state index >= 15 is 0 Å². The lowest BCUT2D eigenvalue weighted by molar-refractivity contribution is 0.403. The summed E-state index contributed by atoms with van der Waals surface area (Å²) in [4.78, 5) is 6.19. The molecule has 0 aromatic carbocycles. The summed E-state index contributed by atoms with van der Waals surface area (Å²) >= 11 is 0. The molecule has 0 aromatic rings. The molecular formula is C10H23N3O3S. The van der Waals surface area contributed by atoms with Crippen molar-refractivity contribution in [1.29, 1.82) is 0 Å². The molecule has 0 amide bonds. The van der Waals surface area contributed by atoms with Crippen LogP contribution in [0.2, 0.25) is 0 Å². The molecule has 0 spiro atoms. The SMILES string of the molecule is CN(C)CCCN=CNC(C)(C)CS(=O)(=O)O. The van der Waals surface area contributed by atoms with E-state index in [0.29, 0.717) is 6.54 Å². The monoisotopic (exact) mass is 265 g/mol. The Morgan fingerprint density at radius 3 is 2.47 bits per heavy atom. The number of rotatable bonds is 8. The van der Waals surface area contributed by atoms with Crippen LogP contribution in [0.5, 0.6) is 0 Å². The van der Waals surface area contributed by atoms with Crippen molar-refractivity contribution in [1.82, 2.24) is 10.2 Å². The molecule has 0 saturated heterocycles. The van der Waals surface area contributed by atoms with Crippen molar-refractivity contribution in [2.24, 2.45) is 4.99 Å². The highest BCUT2D eigenvalue weighted by molar-refractivity contribution is 7.85. The van der Waals surface area contributed by atoms with Crippen molar-refractivity contribution in [2.45, 2.75) is 25.8 Å². The molecule has 7 heteroatoms. The third-order valence-electron chi connectivity index (χ3n) is 1.98. The first-order chi connectivity index (χ1) is 7.62. The number of nitrogens with zero attached hydrogens (tertiary/aromatic N) is 2. The topological polar surface area (TPSA) is 82.0 Å². The average molecular weight is 265 g/mol. The molecule has 17 heavy (non-hydrogen) atoms. The van der Waals surface area contributed by atoms with Crippen LogP contribution in [0.25, 0.3) is 0 Å². The third kappa shape index (κ3) is 11.6. The van der Waals surface area contributed by atoms with Gasteiger partial charge >= 0.3 is 0 Å². The minimum Gasteiger partial charge on any atom is -0.370 e. The molecule has 0 atom stereocenters. The predicted octanol–water partition coefficient (Wildman–Crippen LogP) is 0.222. The van der Waals surface area contributed by atoms with Crippen LogP contribution in [0.15, 0.2) is 4.99 Å². The van der Waals surface area contributed by atoms with Gasteiger partial charge in [0.1, 0.15) is 0 Å². The predicted molar refractivity (Wildman–Crippen MR) is 70.2 cm³/mol. The van der Waals surface area contributed by atoms with Crippen molar-refractivity contribution >= 4 is 16.5 Å². The average Bonchev–Trinajstić information content (AvgIpc) is 2.06.